The third-order valence-corrected chi connectivity index (χ3v) is 2.43. The van der Waals surface area contributed by atoms with Crippen LogP contribution >= 0.6 is 0 Å². The molecule has 0 rings (SSSR count). The maximum atomic E-state index is 11.3. The number of hydrogen-bond donors (Lipinski definition) is 1. The van der Waals surface area contributed by atoms with Gasteiger partial charge in [0.05, 0.1) is 0 Å². The molecule has 2 nitrogen and oxygen atoms in total. The molecule has 0 fully saturated rings. The summed E-state index contributed by atoms with van der Waals surface area (Å²) >= 11 is 0. The summed E-state index contributed by atoms with van der Waals surface area (Å²) in [6, 6.07) is 0. The minimum Gasteiger partial charge on any atom is -0.330 e. The Morgan fingerprint density at radius 1 is 1.23 bits per heavy atom. The first-order valence-electron chi connectivity index (χ1n) is 5.45. The predicted octanol–water partition coefficient (Wildman–Crippen LogP) is 2.51. The maximum Gasteiger partial charge on any atom is 0.136 e. The van der Waals surface area contributed by atoms with Crippen LogP contribution in [-0.2, 0) is 4.79 Å². The Balaban J connectivity index is 3.27. The number of carbonyl (C=O) groups is 1. The lowest BCUT2D eigenvalue weighted by atomic mass is 10.0. The Kier molecular flexibility index (Phi) is 8.00. The smallest absolute Gasteiger partial charge is 0.136 e. The Hall–Kier alpha value is -0.370. The Bertz CT molecular complexity index is 134. The van der Waals surface area contributed by atoms with Crippen LogP contribution in [-0.4, -0.2) is 12.3 Å². The molecule has 1 atom stereocenters. The maximum absolute atomic E-state index is 11.3. The van der Waals surface area contributed by atoms with Crippen LogP contribution in [0.15, 0.2) is 0 Å². The lowest BCUT2D eigenvalue weighted by Crippen LogP contribution is -2.20. The highest BCUT2D eigenvalue weighted by molar-refractivity contribution is 5.80. The average Bonchev–Trinajstić information content (AvgIpc) is 2.16. The molecule has 0 aliphatic carbocycles. The predicted molar refractivity (Wildman–Crippen MR) is 56.6 cm³/mol. The van der Waals surface area contributed by atoms with Gasteiger partial charge in [0.2, 0.25) is 0 Å². The summed E-state index contributed by atoms with van der Waals surface area (Å²) in [5.74, 6) is 0.394. The van der Waals surface area contributed by atoms with Crippen molar-refractivity contribution in [1.82, 2.24) is 0 Å². The number of rotatable bonds is 8. The van der Waals surface area contributed by atoms with E-state index in [-0.39, 0.29) is 5.92 Å². The Labute approximate surface area is 81.9 Å². The lowest BCUT2D eigenvalue weighted by Gasteiger charge is -2.06. The van der Waals surface area contributed by atoms with Gasteiger partial charge in [-0.15, -0.1) is 0 Å². The molecule has 0 heterocycles. The van der Waals surface area contributed by atoms with Crippen LogP contribution in [0.25, 0.3) is 0 Å². The van der Waals surface area contributed by atoms with E-state index in [1.807, 2.05) is 6.92 Å². The molecule has 0 aliphatic rings. The summed E-state index contributed by atoms with van der Waals surface area (Å²) in [7, 11) is 0. The van der Waals surface area contributed by atoms with E-state index in [0.29, 0.717) is 12.3 Å². The monoisotopic (exact) mass is 185 g/mol. The topological polar surface area (TPSA) is 43.1 Å². The van der Waals surface area contributed by atoms with Crippen LogP contribution in [0.2, 0.25) is 0 Å². The summed E-state index contributed by atoms with van der Waals surface area (Å²) in [5.41, 5.74) is 5.40. The van der Waals surface area contributed by atoms with Gasteiger partial charge in [-0.1, -0.05) is 39.5 Å². The number of ketones is 1. The lowest BCUT2D eigenvalue weighted by molar-refractivity contribution is -0.122. The molecule has 0 aromatic rings. The van der Waals surface area contributed by atoms with Crippen molar-refractivity contribution in [3.05, 3.63) is 0 Å². The van der Waals surface area contributed by atoms with Crippen LogP contribution in [0.1, 0.15) is 52.4 Å². The molecule has 1 unspecified atom stereocenters. The second-order valence-corrected chi connectivity index (χ2v) is 3.77. The van der Waals surface area contributed by atoms with Gasteiger partial charge in [0.25, 0.3) is 0 Å². The van der Waals surface area contributed by atoms with E-state index in [1.54, 1.807) is 0 Å². The highest BCUT2D eigenvalue weighted by atomic mass is 16.1. The molecule has 0 aliphatic heterocycles. The molecule has 0 aromatic heterocycles. The van der Waals surface area contributed by atoms with Crippen molar-refractivity contribution in [2.45, 2.75) is 52.4 Å². The molecular formula is C11H23NO. The van der Waals surface area contributed by atoms with Crippen LogP contribution in [0.3, 0.4) is 0 Å². The van der Waals surface area contributed by atoms with E-state index in [1.165, 1.54) is 25.7 Å². The van der Waals surface area contributed by atoms with Crippen LogP contribution in [0.4, 0.5) is 0 Å². The van der Waals surface area contributed by atoms with Crippen LogP contribution in [0, 0.1) is 5.92 Å². The quantitative estimate of drug-likeness (QED) is 0.590. The van der Waals surface area contributed by atoms with Gasteiger partial charge < -0.3 is 5.73 Å². The van der Waals surface area contributed by atoms with Gasteiger partial charge in [-0.25, -0.2) is 0 Å². The zero-order valence-corrected chi connectivity index (χ0v) is 9.01. The van der Waals surface area contributed by atoms with Gasteiger partial charge >= 0.3 is 0 Å². The SMILES string of the molecule is CCCCCCCC(=O)C(C)CN. The molecule has 0 saturated heterocycles. The van der Waals surface area contributed by atoms with Crippen molar-refractivity contribution >= 4 is 5.78 Å². The van der Waals surface area contributed by atoms with E-state index in [9.17, 15) is 4.79 Å². The Morgan fingerprint density at radius 3 is 2.38 bits per heavy atom. The minimum atomic E-state index is 0.0613. The molecule has 0 saturated carbocycles. The molecular weight excluding hydrogens is 162 g/mol. The largest absolute Gasteiger partial charge is 0.330 e. The van der Waals surface area contributed by atoms with E-state index in [2.05, 4.69) is 6.92 Å². The van der Waals surface area contributed by atoms with Gasteiger partial charge in [-0.05, 0) is 6.42 Å². The highest BCUT2D eigenvalue weighted by Crippen LogP contribution is 2.08. The van der Waals surface area contributed by atoms with E-state index < -0.39 is 0 Å². The number of hydrogen-bond acceptors (Lipinski definition) is 2. The molecule has 2 heteroatoms. The van der Waals surface area contributed by atoms with Crippen LogP contribution in [0.5, 0.6) is 0 Å². The molecule has 13 heavy (non-hydrogen) atoms. The molecule has 0 amide bonds. The first-order chi connectivity index (χ1) is 6.22. The van der Waals surface area contributed by atoms with Crippen molar-refractivity contribution in [3.63, 3.8) is 0 Å². The molecule has 0 aromatic carbocycles. The third kappa shape index (κ3) is 6.76. The Morgan fingerprint density at radius 2 is 1.85 bits per heavy atom. The third-order valence-electron chi connectivity index (χ3n) is 2.43. The van der Waals surface area contributed by atoms with E-state index in [4.69, 9.17) is 5.73 Å². The van der Waals surface area contributed by atoms with E-state index >= 15 is 0 Å². The van der Waals surface area contributed by atoms with E-state index in [0.717, 1.165) is 12.8 Å². The van der Waals surface area contributed by atoms with Crippen molar-refractivity contribution < 1.29 is 4.79 Å². The van der Waals surface area contributed by atoms with Crippen molar-refractivity contribution in [3.8, 4) is 0 Å². The van der Waals surface area contributed by atoms with Gasteiger partial charge in [-0.3, -0.25) is 4.79 Å². The van der Waals surface area contributed by atoms with Gasteiger partial charge in [-0.2, -0.15) is 0 Å². The molecule has 0 radical (unpaired) electrons. The standard InChI is InChI=1S/C11H23NO/c1-3-4-5-6-7-8-11(13)10(2)9-12/h10H,3-9,12H2,1-2H3. The fourth-order valence-electron chi connectivity index (χ4n) is 1.28. The average molecular weight is 185 g/mol. The fraction of sp³-hybridized carbons (Fsp3) is 0.909. The number of unbranched alkanes of at least 4 members (excludes halogenated alkanes) is 4. The molecule has 78 valence electrons. The zero-order valence-electron chi connectivity index (χ0n) is 9.01. The van der Waals surface area contributed by atoms with Crippen molar-refractivity contribution in [2.75, 3.05) is 6.54 Å². The zero-order chi connectivity index (χ0) is 10.1. The van der Waals surface area contributed by atoms with Crippen molar-refractivity contribution in [1.29, 1.82) is 0 Å². The normalized spacial score (nSPS) is 12.8. The summed E-state index contributed by atoms with van der Waals surface area (Å²) in [6.07, 6.45) is 6.77. The van der Waals surface area contributed by atoms with Gasteiger partial charge in [0, 0.05) is 18.9 Å². The molecule has 2 N–H and O–H groups in total. The number of carbonyl (C=O) groups excluding carboxylic acids is 1. The minimum absolute atomic E-state index is 0.0613. The first kappa shape index (κ1) is 12.6. The summed E-state index contributed by atoms with van der Waals surface area (Å²) < 4.78 is 0. The van der Waals surface area contributed by atoms with Gasteiger partial charge in [0.15, 0.2) is 0 Å². The second kappa shape index (κ2) is 8.24. The number of Topliss-reactive ketones (excluding diaryl/α,β-unsaturated/α-hetero) is 1. The van der Waals surface area contributed by atoms with Crippen molar-refractivity contribution in [2.24, 2.45) is 11.7 Å². The molecule has 0 bridgehead atoms. The summed E-state index contributed by atoms with van der Waals surface area (Å²) in [4.78, 5) is 11.3. The summed E-state index contributed by atoms with van der Waals surface area (Å²) in [6.45, 7) is 4.60. The summed E-state index contributed by atoms with van der Waals surface area (Å²) in [5, 5.41) is 0. The van der Waals surface area contributed by atoms with Crippen LogP contribution < -0.4 is 5.73 Å². The first-order valence-corrected chi connectivity index (χ1v) is 5.45. The highest BCUT2D eigenvalue weighted by Gasteiger charge is 2.09. The van der Waals surface area contributed by atoms with Gasteiger partial charge in [0.1, 0.15) is 5.78 Å². The number of nitrogens with two attached hydrogens (primary N) is 1. The fourth-order valence-corrected chi connectivity index (χ4v) is 1.28. The molecule has 0 spiro atoms. The second-order valence-electron chi connectivity index (χ2n) is 3.77.